The highest BCUT2D eigenvalue weighted by Crippen LogP contribution is 2.38. The van der Waals surface area contributed by atoms with Crippen molar-refractivity contribution in [3.63, 3.8) is 0 Å². The SMILES string of the molecule is CC[C@H](C)NC(=O)CSc1nnc(-c2ccccc2Cl)n1C1CCCC1. The number of nitrogens with zero attached hydrogens (tertiary/aromatic N) is 3. The van der Waals surface area contributed by atoms with Crippen LogP contribution in [0.1, 0.15) is 52.0 Å². The van der Waals surface area contributed by atoms with Crippen molar-refractivity contribution in [2.45, 2.75) is 63.2 Å². The zero-order valence-corrected chi connectivity index (χ0v) is 16.8. The van der Waals surface area contributed by atoms with Gasteiger partial charge in [-0.05, 0) is 38.3 Å². The van der Waals surface area contributed by atoms with Crippen LogP contribution in [0.15, 0.2) is 29.4 Å². The fourth-order valence-electron chi connectivity index (χ4n) is 3.24. The Morgan fingerprint density at radius 3 is 2.77 bits per heavy atom. The summed E-state index contributed by atoms with van der Waals surface area (Å²) in [5.74, 6) is 1.18. The van der Waals surface area contributed by atoms with E-state index in [1.807, 2.05) is 31.2 Å². The first-order chi connectivity index (χ1) is 12.6. The van der Waals surface area contributed by atoms with E-state index in [4.69, 9.17) is 11.6 Å². The average molecular weight is 393 g/mol. The van der Waals surface area contributed by atoms with E-state index in [0.717, 1.165) is 35.8 Å². The molecule has 1 aliphatic carbocycles. The second-order valence-electron chi connectivity index (χ2n) is 6.76. The number of hydrogen-bond donors (Lipinski definition) is 1. The van der Waals surface area contributed by atoms with Crippen LogP contribution in [0.25, 0.3) is 11.4 Å². The smallest absolute Gasteiger partial charge is 0.230 e. The molecule has 1 saturated carbocycles. The molecule has 7 heteroatoms. The van der Waals surface area contributed by atoms with Crippen molar-refractivity contribution in [3.05, 3.63) is 29.3 Å². The summed E-state index contributed by atoms with van der Waals surface area (Å²) in [6, 6.07) is 8.28. The van der Waals surface area contributed by atoms with Crippen LogP contribution in [0.4, 0.5) is 0 Å². The molecule has 3 rings (SSSR count). The van der Waals surface area contributed by atoms with Crippen molar-refractivity contribution >= 4 is 29.3 Å². The summed E-state index contributed by atoms with van der Waals surface area (Å²) in [7, 11) is 0. The van der Waals surface area contributed by atoms with E-state index in [2.05, 4.69) is 27.0 Å². The van der Waals surface area contributed by atoms with Crippen molar-refractivity contribution in [2.24, 2.45) is 0 Å². The van der Waals surface area contributed by atoms with Gasteiger partial charge < -0.3 is 5.32 Å². The van der Waals surface area contributed by atoms with Gasteiger partial charge in [-0.1, -0.05) is 55.3 Å². The van der Waals surface area contributed by atoms with E-state index in [9.17, 15) is 4.79 Å². The van der Waals surface area contributed by atoms with Gasteiger partial charge in [0.05, 0.1) is 10.8 Å². The monoisotopic (exact) mass is 392 g/mol. The van der Waals surface area contributed by atoms with Crippen molar-refractivity contribution in [1.82, 2.24) is 20.1 Å². The summed E-state index contributed by atoms with van der Waals surface area (Å²) in [6.45, 7) is 4.07. The summed E-state index contributed by atoms with van der Waals surface area (Å²) in [5, 5.41) is 13.3. The number of carbonyl (C=O) groups is 1. The Labute approximate surface area is 163 Å². The molecule has 1 aromatic carbocycles. The quantitative estimate of drug-likeness (QED) is 0.692. The third kappa shape index (κ3) is 4.41. The lowest BCUT2D eigenvalue weighted by Gasteiger charge is -2.17. The van der Waals surface area contributed by atoms with Gasteiger partial charge in [0, 0.05) is 17.6 Å². The van der Waals surface area contributed by atoms with Crippen molar-refractivity contribution in [2.75, 3.05) is 5.75 Å². The highest BCUT2D eigenvalue weighted by atomic mass is 35.5. The lowest BCUT2D eigenvalue weighted by atomic mass is 10.2. The van der Waals surface area contributed by atoms with Crippen LogP contribution >= 0.6 is 23.4 Å². The van der Waals surface area contributed by atoms with Gasteiger partial charge in [-0.15, -0.1) is 10.2 Å². The second kappa shape index (κ2) is 8.91. The molecule has 1 N–H and O–H groups in total. The zero-order chi connectivity index (χ0) is 18.5. The van der Waals surface area contributed by atoms with Gasteiger partial charge in [0.15, 0.2) is 11.0 Å². The molecule has 0 unspecified atom stereocenters. The maximum absolute atomic E-state index is 12.1. The second-order valence-corrected chi connectivity index (χ2v) is 8.11. The van der Waals surface area contributed by atoms with E-state index < -0.39 is 0 Å². The molecule has 140 valence electrons. The Bertz CT molecular complexity index is 758. The maximum atomic E-state index is 12.1. The molecule has 1 atom stereocenters. The van der Waals surface area contributed by atoms with Crippen LogP contribution in [0.3, 0.4) is 0 Å². The highest BCUT2D eigenvalue weighted by molar-refractivity contribution is 7.99. The third-order valence-corrected chi connectivity index (χ3v) is 6.09. The lowest BCUT2D eigenvalue weighted by Crippen LogP contribution is -2.33. The molecule has 0 aliphatic heterocycles. The molecule has 0 radical (unpaired) electrons. The number of halogens is 1. The number of rotatable bonds is 7. The molecule has 1 heterocycles. The molecule has 2 aromatic rings. The molecule has 1 aliphatic rings. The number of hydrogen-bond acceptors (Lipinski definition) is 4. The largest absolute Gasteiger partial charge is 0.353 e. The van der Waals surface area contributed by atoms with Crippen LogP contribution < -0.4 is 5.32 Å². The van der Waals surface area contributed by atoms with Gasteiger partial charge >= 0.3 is 0 Å². The topological polar surface area (TPSA) is 59.8 Å². The van der Waals surface area contributed by atoms with E-state index in [0.29, 0.717) is 16.8 Å². The van der Waals surface area contributed by atoms with Crippen LogP contribution in [-0.4, -0.2) is 32.5 Å². The maximum Gasteiger partial charge on any atom is 0.230 e. The molecule has 0 saturated heterocycles. The van der Waals surface area contributed by atoms with Crippen LogP contribution in [0.2, 0.25) is 5.02 Å². The third-order valence-electron chi connectivity index (χ3n) is 4.82. The standard InChI is InChI=1S/C19H25ClN4OS/c1-3-13(2)21-17(25)12-26-19-23-22-18(15-10-6-7-11-16(15)20)24(19)14-8-4-5-9-14/h6-7,10-11,13-14H,3-5,8-9,12H2,1-2H3,(H,21,25)/t13-/m0/s1. The molecular weight excluding hydrogens is 368 g/mol. The van der Waals surface area contributed by atoms with Gasteiger partial charge in [-0.3, -0.25) is 9.36 Å². The van der Waals surface area contributed by atoms with Crippen molar-refractivity contribution in [3.8, 4) is 11.4 Å². The molecule has 1 fully saturated rings. The van der Waals surface area contributed by atoms with Gasteiger partial charge in [0.2, 0.25) is 5.91 Å². The summed E-state index contributed by atoms with van der Waals surface area (Å²) >= 11 is 7.85. The summed E-state index contributed by atoms with van der Waals surface area (Å²) < 4.78 is 2.19. The summed E-state index contributed by atoms with van der Waals surface area (Å²) in [4.78, 5) is 12.1. The Morgan fingerprint density at radius 1 is 1.35 bits per heavy atom. The minimum absolute atomic E-state index is 0.0321. The Morgan fingerprint density at radius 2 is 2.08 bits per heavy atom. The molecule has 5 nitrogen and oxygen atoms in total. The van der Waals surface area contributed by atoms with Gasteiger partial charge in [-0.25, -0.2) is 0 Å². The fourth-order valence-corrected chi connectivity index (χ4v) is 4.28. The van der Waals surface area contributed by atoms with E-state index >= 15 is 0 Å². The zero-order valence-electron chi connectivity index (χ0n) is 15.2. The lowest BCUT2D eigenvalue weighted by molar-refractivity contribution is -0.119. The summed E-state index contributed by atoms with van der Waals surface area (Å²) in [6.07, 6.45) is 5.57. The van der Waals surface area contributed by atoms with Gasteiger partial charge in [-0.2, -0.15) is 0 Å². The highest BCUT2D eigenvalue weighted by Gasteiger charge is 2.26. The molecule has 26 heavy (non-hydrogen) atoms. The van der Waals surface area contributed by atoms with Gasteiger partial charge in [0.25, 0.3) is 0 Å². The van der Waals surface area contributed by atoms with Gasteiger partial charge in [0.1, 0.15) is 0 Å². The Balaban J connectivity index is 1.84. The predicted molar refractivity (Wildman–Crippen MR) is 107 cm³/mol. The molecule has 0 bridgehead atoms. The summed E-state index contributed by atoms with van der Waals surface area (Å²) in [5.41, 5.74) is 0.893. The van der Waals surface area contributed by atoms with E-state index in [-0.39, 0.29) is 11.9 Å². The number of amides is 1. The van der Waals surface area contributed by atoms with Crippen molar-refractivity contribution < 1.29 is 4.79 Å². The number of carbonyl (C=O) groups excluding carboxylic acids is 1. The minimum atomic E-state index is 0.0321. The van der Waals surface area contributed by atoms with Crippen molar-refractivity contribution in [1.29, 1.82) is 0 Å². The Hall–Kier alpha value is -1.53. The average Bonchev–Trinajstić information content (AvgIpc) is 3.29. The van der Waals surface area contributed by atoms with E-state index in [1.54, 1.807) is 0 Å². The normalized spacial score (nSPS) is 16.0. The van der Waals surface area contributed by atoms with E-state index in [1.165, 1.54) is 24.6 Å². The predicted octanol–water partition coefficient (Wildman–Crippen LogP) is 4.72. The number of nitrogens with one attached hydrogen (secondary N) is 1. The number of aromatic nitrogens is 3. The number of benzene rings is 1. The first-order valence-corrected chi connectivity index (χ1v) is 10.6. The first kappa shape index (κ1) is 19.2. The Kier molecular flexibility index (Phi) is 6.59. The number of thioether (sulfide) groups is 1. The van der Waals surface area contributed by atoms with Crippen LogP contribution in [0, 0.1) is 0 Å². The molecule has 1 amide bonds. The molecular formula is C19H25ClN4OS. The first-order valence-electron chi connectivity index (χ1n) is 9.22. The molecule has 1 aromatic heterocycles. The van der Waals surface area contributed by atoms with Crippen LogP contribution in [0.5, 0.6) is 0 Å². The minimum Gasteiger partial charge on any atom is -0.353 e. The molecule has 0 spiro atoms. The fraction of sp³-hybridized carbons (Fsp3) is 0.526. The van der Waals surface area contributed by atoms with Crippen LogP contribution in [-0.2, 0) is 4.79 Å².